The Labute approximate surface area is 77.8 Å². The van der Waals surface area contributed by atoms with Crippen LogP contribution in [-0.2, 0) is 0 Å². The maximum absolute atomic E-state index is 12.8. The van der Waals surface area contributed by atoms with Gasteiger partial charge >= 0.3 is 0 Å². The number of rotatable bonds is 1. The standard InChI is InChI=1S/C7H2ClFN4/c8-5-2-7(12-13-11)4(3-10)1-6(5)9/h1-2H. The van der Waals surface area contributed by atoms with Crippen molar-refractivity contribution in [2.24, 2.45) is 5.11 Å². The van der Waals surface area contributed by atoms with Gasteiger partial charge in [-0.15, -0.1) is 0 Å². The molecule has 1 rings (SSSR count). The fourth-order valence-electron chi connectivity index (χ4n) is 0.757. The van der Waals surface area contributed by atoms with E-state index in [0.29, 0.717) is 0 Å². The lowest BCUT2D eigenvalue weighted by atomic mass is 10.2. The third kappa shape index (κ3) is 1.88. The molecule has 0 amide bonds. The van der Waals surface area contributed by atoms with Crippen LogP contribution in [0.4, 0.5) is 10.1 Å². The average Bonchev–Trinajstić information content (AvgIpc) is 2.11. The van der Waals surface area contributed by atoms with Gasteiger partial charge < -0.3 is 0 Å². The van der Waals surface area contributed by atoms with Crippen LogP contribution in [0.25, 0.3) is 10.4 Å². The van der Waals surface area contributed by atoms with E-state index >= 15 is 0 Å². The van der Waals surface area contributed by atoms with Crippen LogP contribution in [-0.4, -0.2) is 0 Å². The highest BCUT2D eigenvalue weighted by atomic mass is 35.5. The molecule has 6 heteroatoms. The molecule has 0 radical (unpaired) electrons. The van der Waals surface area contributed by atoms with E-state index < -0.39 is 5.82 Å². The van der Waals surface area contributed by atoms with Crippen molar-refractivity contribution >= 4 is 17.3 Å². The van der Waals surface area contributed by atoms with Crippen LogP contribution in [0.2, 0.25) is 5.02 Å². The number of benzene rings is 1. The van der Waals surface area contributed by atoms with E-state index in [4.69, 9.17) is 22.4 Å². The maximum Gasteiger partial charge on any atom is 0.143 e. The summed E-state index contributed by atoms with van der Waals surface area (Å²) in [5.74, 6) is -0.713. The molecule has 0 heterocycles. The molecule has 0 unspecified atom stereocenters. The average molecular weight is 197 g/mol. The molecule has 0 fully saturated rings. The maximum atomic E-state index is 12.8. The molecule has 0 saturated heterocycles. The summed E-state index contributed by atoms with van der Waals surface area (Å²) in [5, 5.41) is 11.5. The lowest BCUT2D eigenvalue weighted by Crippen LogP contribution is -1.81. The Morgan fingerprint density at radius 3 is 2.85 bits per heavy atom. The first-order chi connectivity index (χ1) is 6.19. The fourth-order valence-corrected chi connectivity index (χ4v) is 0.915. The van der Waals surface area contributed by atoms with Crippen LogP contribution in [0, 0.1) is 17.1 Å². The van der Waals surface area contributed by atoms with Crippen molar-refractivity contribution in [2.45, 2.75) is 0 Å². The molecule has 0 aromatic heterocycles. The van der Waals surface area contributed by atoms with Crippen molar-refractivity contribution in [3.63, 3.8) is 0 Å². The molecule has 0 saturated carbocycles. The Kier molecular flexibility index (Phi) is 2.70. The van der Waals surface area contributed by atoms with Gasteiger partial charge in [0.15, 0.2) is 0 Å². The van der Waals surface area contributed by atoms with Gasteiger partial charge in [0.25, 0.3) is 0 Å². The lowest BCUT2D eigenvalue weighted by molar-refractivity contribution is 0.628. The Hall–Kier alpha value is -1.76. The van der Waals surface area contributed by atoms with Crippen LogP contribution < -0.4 is 0 Å². The topological polar surface area (TPSA) is 72.5 Å². The molecule has 0 aliphatic rings. The van der Waals surface area contributed by atoms with Crippen LogP contribution in [0.15, 0.2) is 17.2 Å². The normalized spacial score (nSPS) is 8.69. The number of halogens is 2. The highest BCUT2D eigenvalue weighted by Crippen LogP contribution is 2.26. The Morgan fingerprint density at radius 2 is 2.31 bits per heavy atom. The zero-order valence-electron chi connectivity index (χ0n) is 6.20. The number of azide groups is 1. The first-order valence-electron chi connectivity index (χ1n) is 3.13. The summed E-state index contributed by atoms with van der Waals surface area (Å²) < 4.78 is 12.8. The van der Waals surface area contributed by atoms with E-state index in [9.17, 15) is 4.39 Å². The molecule has 4 nitrogen and oxygen atoms in total. The SMILES string of the molecule is N#Cc1cc(F)c(Cl)cc1N=[N+]=[N-]. The summed E-state index contributed by atoms with van der Waals surface area (Å²) in [5.41, 5.74) is 8.09. The predicted octanol–water partition coefficient (Wildman–Crippen LogP) is 3.29. The molecular formula is C7H2ClFN4. The second kappa shape index (κ2) is 3.76. The second-order valence-corrected chi connectivity index (χ2v) is 2.49. The summed E-state index contributed by atoms with van der Waals surface area (Å²) in [6.07, 6.45) is 0. The summed E-state index contributed by atoms with van der Waals surface area (Å²) in [7, 11) is 0. The second-order valence-electron chi connectivity index (χ2n) is 2.08. The molecule has 0 aliphatic heterocycles. The number of hydrogen-bond acceptors (Lipinski definition) is 2. The minimum atomic E-state index is -0.713. The van der Waals surface area contributed by atoms with E-state index in [0.717, 1.165) is 12.1 Å². The molecule has 0 aliphatic carbocycles. The molecule has 0 bridgehead atoms. The van der Waals surface area contributed by atoms with E-state index in [1.165, 1.54) is 0 Å². The van der Waals surface area contributed by atoms with E-state index in [-0.39, 0.29) is 16.3 Å². The van der Waals surface area contributed by atoms with Crippen LogP contribution in [0.3, 0.4) is 0 Å². The minimum absolute atomic E-state index is 0.0244. The quantitative estimate of drug-likeness (QED) is 0.386. The molecule has 13 heavy (non-hydrogen) atoms. The lowest BCUT2D eigenvalue weighted by Gasteiger charge is -1.97. The Bertz CT molecular complexity index is 431. The van der Waals surface area contributed by atoms with Crippen molar-refractivity contribution in [3.8, 4) is 6.07 Å². The van der Waals surface area contributed by atoms with Crippen LogP contribution in [0.1, 0.15) is 5.56 Å². The summed E-state index contributed by atoms with van der Waals surface area (Å²) >= 11 is 5.41. The highest BCUT2D eigenvalue weighted by molar-refractivity contribution is 6.31. The summed E-state index contributed by atoms with van der Waals surface area (Å²) in [6, 6.07) is 3.71. The van der Waals surface area contributed by atoms with Crippen LogP contribution in [0.5, 0.6) is 0 Å². The van der Waals surface area contributed by atoms with Gasteiger partial charge in [-0.1, -0.05) is 16.7 Å². The van der Waals surface area contributed by atoms with Gasteiger partial charge in [0, 0.05) is 4.91 Å². The highest BCUT2D eigenvalue weighted by Gasteiger charge is 2.06. The largest absolute Gasteiger partial charge is 0.205 e. The smallest absolute Gasteiger partial charge is 0.143 e. The van der Waals surface area contributed by atoms with Gasteiger partial charge in [0.1, 0.15) is 5.82 Å². The van der Waals surface area contributed by atoms with Crippen molar-refractivity contribution in [1.29, 1.82) is 5.26 Å². The van der Waals surface area contributed by atoms with Gasteiger partial charge in [0.2, 0.25) is 0 Å². The van der Waals surface area contributed by atoms with Crippen molar-refractivity contribution in [1.82, 2.24) is 0 Å². The fraction of sp³-hybridized carbons (Fsp3) is 0. The molecule has 64 valence electrons. The monoisotopic (exact) mass is 196 g/mol. The molecular weight excluding hydrogens is 195 g/mol. The van der Waals surface area contributed by atoms with Crippen molar-refractivity contribution in [2.75, 3.05) is 0 Å². The molecule has 0 N–H and O–H groups in total. The van der Waals surface area contributed by atoms with Gasteiger partial charge in [-0.25, -0.2) is 4.39 Å². The van der Waals surface area contributed by atoms with E-state index in [1.54, 1.807) is 6.07 Å². The third-order valence-electron chi connectivity index (χ3n) is 1.31. The predicted molar refractivity (Wildman–Crippen MR) is 44.9 cm³/mol. The molecule has 1 aromatic carbocycles. The number of nitriles is 1. The van der Waals surface area contributed by atoms with E-state index in [1.807, 2.05) is 0 Å². The zero-order chi connectivity index (χ0) is 9.84. The van der Waals surface area contributed by atoms with E-state index in [2.05, 4.69) is 10.0 Å². The minimum Gasteiger partial charge on any atom is -0.205 e. The number of hydrogen-bond donors (Lipinski definition) is 0. The van der Waals surface area contributed by atoms with Crippen molar-refractivity contribution < 1.29 is 4.39 Å². The first kappa shape index (κ1) is 9.33. The van der Waals surface area contributed by atoms with Gasteiger partial charge in [-0.2, -0.15) is 5.26 Å². The molecule has 0 atom stereocenters. The van der Waals surface area contributed by atoms with Crippen molar-refractivity contribution in [3.05, 3.63) is 39.0 Å². The summed E-state index contributed by atoms with van der Waals surface area (Å²) in [6.45, 7) is 0. The number of nitrogens with zero attached hydrogens (tertiary/aromatic N) is 4. The summed E-state index contributed by atoms with van der Waals surface area (Å²) in [4.78, 5) is 2.48. The molecule has 0 spiro atoms. The van der Waals surface area contributed by atoms with Gasteiger partial charge in [0.05, 0.1) is 22.3 Å². The van der Waals surface area contributed by atoms with Gasteiger partial charge in [-0.05, 0) is 17.7 Å². The third-order valence-corrected chi connectivity index (χ3v) is 1.60. The Balaban J connectivity index is 3.43. The van der Waals surface area contributed by atoms with Crippen LogP contribution >= 0.6 is 11.6 Å². The Morgan fingerprint density at radius 1 is 1.62 bits per heavy atom. The first-order valence-corrected chi connectivity index (χ1v) is 3.51. The molecule has 1 aromatic rings. The van der Waals surface area contributed by atoms with Gasteiger partial charge in [-0.3, -0.25) is 0 Å². The zero-order valence-corrected chi connectivity index (χ0v) is 6.96.